The van der Waals surface area contributed by atoms with Gasteiger partial charge in [-0.05, 0) is 39.1 Å². The van der Waals surface area contributed by atoms with Gasteiger partial charge in [-0.25, -0.2) is 4.98 Å². The SMILES string of the molecule is CC(=O)N1CCN(c2nc(NCc3ccc(CN(C)C)cc3)c3c(n2)C(=O)N(C(C)C)C3)CC1. The Labute approximate surface area is 201 Å². The maximum absolute atomic E-state index is 13.1. The van der Waals surface area contributed by atoms with Gasteiger partial charge in [0, 0.05) is 57.8 Å². The number of rotatable bonds is 7. The van der Waals surface area contributed by atoms with E-state index in [1.165, 1.54) is 5.56 Å². The summed E-state index contributed by atoms with van der Waals surface area (Å²) in [5.74, 6) is 1.29. The van der Waals surface area contributed by atoms with Gasteiger partial charge in [0.15, 0.2) is 0 Å². The van der Waals surface area contributed by atoms with Gasteiger partial charge in [0.2, 0.25) is 11.9 Å². The van der Waals surface area contributed by atoms with Crippen LogP contribution in [0, 0.1) is 0 Å². The Bertz CT molecular complexity index is 1040. The molecule has 0 radical (unpaired) electrons. The van der Waals surface area contributed by atoms with Crippen LogP contribution >= 0.6 is 0 Å². The van der Waals surface area contributed by atoms with Crippen molar-refractivity contribution in [2.45, 2.75) is 46.4 Å². The quantitative estimate of drug-likeness (QED) is 0.671. The minimum Gasteiger partial charge on any atom is -0.366 e. The highest BCUT2D eigenvalue weighted by molar-refractivity contribution is 5.98. The van der Waals surface area contributed by atoms with Gasteiger partial charge in [-0.1, -0.05) is 24.3 Å². The van der Waals surface area contributed by atoms with Crippen LogP contribution in [0.15, 0.2) is 24.3 Å². The van der Waals surface area contributed by atoms with Crippen LogP contribution in [0.4, 0.5) is 11.8 Å². The average Bonchev–Trinajstić information content (AvgIpc) is 3.15. The summed E-state index contributed by atoms with van der Waals surface area (Å²) in [5.41, 5.74) is 3.75. The largest absolute Gasteiger partial charge is 0.366 e. The second-order valence-electron chi connectivity index (χ2n) is 9.63. The topological polar surface area (TPSA) is 84.9 Å². The minimum atomic E-state index is -0.0490. The molecule has 1 fully saturated rings. The minimum absolute atomic E-state index is 0.0490. The predicted molar refractivity (Wildman–Crippen MR) is 133 cm³/mol. The number of hydrogen-bond donors (Lipinski definition) is 1. The van der Waals surface area contributed by atoms with Crippen LogP contribution < -0.4 is 10.2 Å². The molecule has 4 rings (SSSR count). The molecule has 2 aliphatic heterocycles. The smallest absolute Gasteiger partial charge is 0.273 e. The number of anilines is 2. The first-order valence-electron chi connectivity index (χ1n) is 11.9. The number of hydrogen-bond acceptors (Lipinski definition) is 7. The molecule has 2 aromatic rings. The van der Waals surface area contributed by atoms with Gasteiger partial charge in [-0.2, -0.15) is 4.98 Å². The van der Waals surface area contributed by atoms with Crippen LogP contribution in [-0.4, -0.2) is 82.8 Å². The van der Waals surface area contributed by atoms with Crippen LogP contribution in [0.1, 0.15) is 48.0 Å². The molecule has 1 aromatic heterocycles. The van der Waals surface area contributed by atoms with E-state index in [1.54, 1.807) is 6.92 Å². The molecule has 9 heteroatoms. The third kappa shape index (κ3) is 5.14. The van der Waals surface area contributed by atoms with Gasteiger partial charge in [0.1, 0.15) is 11.5 Å². The van der Waals surface area contributed by atoms with Gasteiger partial charge in [0.05, 0.1) is 6.54 Å². The lowest BCUT2D eigenvalue weighted by molar-refractivity contribution is -0.129. The van der Waals surface area contributed by atoms with E-state index in [0.29, 0.717) is 56.7 Å². The summed E-state index contributed by atoms with van der Waals surface area (Å²) in [6.45, 7) is 10.2. The first-order chi connectivity index (χ1) is 16.2. The zero-order valence-electron chi connectivity index (χ0n) is 20.8. The average molecular weight is 466 g/mol. The molecule has 0 unspecified atom stereocenters. The first kappa shape index (κ1) is 23.9. The molecule has 1 N–H and O–H groups in total. The number of carbonyl (C=O) groups excluding carboxylic acids is 2. The molecule has 3 heterocycles. The summed E-state index contributed by atoms with van der Waals surface area (Å²) < 4.78 is 0. The number of nitrogens with one attached hydrogen (secondary N) is 1. The third-order valence-corrected chi connectivity index (χ3v) is 6.40. The van der Waals surface area contributed by atoms with Crippen LogP contribution in [0.5, 0.6) is 0 Å². The van der Waals surface area contributed by atoms with E-state index in [2.05, 4.69) is 53.5 Å². The molecule has 0 saturated carbocycles. The third-order valence-electron chi connectivity index (χ3n) is 6.40. The van der Waals surface area contributed by atoms with Gasteiger partial charge < -0.3 is 24.9 Å². The number of benzene rings is 1. The van der Waals surface area contributed by atoms with Crippen molar-refractivity contribution in [2.24, 2.45) is 0 Å². The van der Waals surface area contributed by atoms with Crippen LogP contribution in [-0.2, 0) is 24.4 Å². The van der Waals surface area contributed by atoms with E-state index < -0.39 is 0 Å². The van der Waals surface area contributed by atoms with E-state index in [1.807, 2.05) is 23.6 Å². The monoisotopic (exact) mass is 465 g/mol. The summed E-state index contributed by atoms with van der Waals surface area (Å²) in [6, 6.07) is 8.62. The molecule has 34 heavy (non-hydrogen) atoms. The van der Waals surface area contributed by atoms with Crippen molar-refractivity contribution in [1.29, 1.82) is 0 Å². The van der Waals surface area contributed by atoms with Crippen molar-refractivity contribution in [3.63, 3.8) is 0 Å². The van der Waals surface area contributed by atoms with Crippen molar-refractivity contribution < 1.29 is 9.59 Å². The van der Waals surface area contributed by atoms with Crippen molar-refractivity contribution in [3.8, 4) is 0 Å². The molecule has 182 valence electrons. The summed E-state index contributed by atoms with van der Waals surface area (Å²) >= 11 is 0. The highest BCUT2D eigenvalue weighted by Gasteiger charge is 2.35. The number of aromatic nitrogens is 2. The molecule has 2 amide bonds. The van der Waals surface area contributed by atoms with Crippen molar-refractivity contribution in [2.75, 3.05) is 50.5 Å². The standard InChI is InChI=1S/C25H35N7O2/c1-17(2)32-16-21-22(24(32)34)27-25(31-12-10-30(11-13-31)18(3)33)28-23(21)26-14-19-6-8-20(9-7-19)15-29(4)5/h6-9,17H,10-16H2,1-5H3,(H,26,27,28). The molecule has 2 aliphatic rings. The second kappa shape index (κ2) is 9.97. The lowest BCUT2D eigenvalue weighted by atomic mass is 10.1. The number of fused-ring (bicyclic) bond motifs is 1. The Balaban J connectivity index is 1.56. The fourth-order valence-corrected chi connectivity index (χ4v) is 4.42. The summed E-state index contributed by atoms with van der Waals surface area (Å²) in [4.78, 5) is 42.2. The zero-order chi connectivity index (χ0) is 24.4. The van der Waals surface area contributed by atoms with Crippen molar-refractivity contribution in [1.82, 2.24) is 24.7 Å². The molecule has 0 spiro atoms. The van der Waals surface area contributed by atoms with E-state index in [0.717, 1.165) is 17.7 Å². The Morgan fingerprint density at radius 3 is 2.29 bits per heavy atom. The summed E-state index contributed by atoms with van der Waals surface area (Å²) in [6.07, 6.45) is 0. The summed E-state index contributed by atoms with van der Waals surface area (Å²) in [7, 11) is 4.12. The predicted octanol–water partition coefficient (Wildman–Crippen LogP) is 2.18. The maximum atomic E-state index is 13.1. The second-order valence-corrected chi connectivity index (χ2v) is 9.63. The van der Waals surface area contributed by atoms with Crippen LogP contribution in [0.25, 0.3) is 0 Å². The highest BCUT2D eigenvalue weighted by atomic mass is 16.2. The van der Waals surface area contributed by atoms with Gasteiger partial charge in [0.25, 0.3) is 5.91 Å². The normalized spacial score (nSPS) is 16.0. The summed E-state index contributed by atoms with van der Waals surface area (Å²) in [5, 5.41) is 3.48. The van der Waals surface area contributed by atoms with Gasteiger partial charge in [-0.3, -0.25) is 9.59 Å². The number of carbonyl (C=O) groups is 2. The van der Waals surface area contributed by atoms with Crippen molar-refractivity contribution >= 4 is 23.6 Å². The van der Waals surface area contributed by atoms with Gasteiger partial charge >= 0.3 is 0 Å². The molecule has 1 saturated heterocycles. The molecule has 0 atom stereocenters. The molecular formula is C25H35N7O2. The molecule has 0 bridgehead atoms. The van der Waals surface area contributed by atoms with Crippen LogP contribution in [0.3, 0.4) is 0 Å². The van der Waals surface area contributed by atoms with E-state index >= 15 is 0 Å². The Morgan fingerprint density at radius 2 is 1.71 bits per heavy atom. The Hall–Kier alpha value is -3.20. The number of nitrogens with zero attached hydrogens (tertiary/aromatic N) is 6. The van der Waals surface area contributed by atoms with E-state index in [-0.39, 0.29) is 17.9 Å². The van der Waals surface area contributed by atoms with Crippen LogP contribution in [0.2, 0.25) is 0 Å². The molecule has 1 aromatic carbocycles. The first-order valence-corrected chi connectivity index (χ1v) is 11.9. The zero-order valence-corrected chi connectivity index (χ0v) is 20.8. The number of piperazine rings is 1. The fraction of sp³-hybridized carbons (Fsp3) is 0.520. The van der Waals surface area contributed by atoms with E-state index in [9.17, 15) is 9.59 Å². The fourth-order valence-electron chi connectivity index (χ4n) is 4.42. The Morgan fingerprint density at radius 1 is 1.06 bits per heavy atom. The lowest BCUT2D eigenvalue weighted by Gasteiger charge is -2.34. The molecule has 0 aliphatic carbocycles. The maximum Gasteiger partial charge on any atom is 0.273 e. The molecule has 9 nitrogen and oxygen atoms in total. The lowest BCUT2D eigenvalue weighted by Crippen LogP contribution is -2.48. The highest BCUT2D eigenvalue weighted by Crippen LogP contribution is 2.31. The molecular weight excluding hydrogens is 430 g/mol. The van der Waals surface area contributed by atoms with Crippen molar-refractivity contribution in [3.05, 3.63) is 46.6 Å². The number of amides is 2. The van der Waals surface area contributed by atoms with E-state index in [4.69, 9.17) is 9.97 Å². The Kier molecular flexibility index (Phi) is 7.02. The van der Waals surface area contributed by atoms with Gasteiger partial charge in [-0.15, -0.1) is 0 Å².